The Morgan fingerprint density at radius 1 is 0.410 bits per heavy atom. The number of thioether (sulfide) groups is 3. The van der Waals surface area contributed by atoms with Crippen molar-refractivity contribution < 1.29 is 100 Å². The van der Waals surface area contributed by atoms with E-state index in [1.807, 2.05) is 35.3 Å². The summed E-state index contributed by atoms with van der Waals surface area (Å²) in [7, 11) is 0. The first-order valence-corrected chi connectivity index (χ1v) is 39.5. The van der Waals surface area contributed by atoms with Crippen LogP contribution in [0.2, 0.25) is 0 Å². The van der Waals surface area contributed by atoms with Crippen LogP contribution in [0.3, 0.4) is 0 Å². The Bertz CT molecular complexity index is 2520. The van der Waals surface area contributed by atoms with E-state index < -0.39 is 17.8 Å². The summed E-state index contributed by atoms with van der Waals surface area (Å²) >= 11 is 5.64. The van der Waals surface area contributed by atoms with Crippen molar-refractivity contribution in [1.82, 2.24) is 47.6 Å². The molecule has 0 saturated carbocycles. The fraction of sp³-hybridized carbons (Fsp3) is 0.875. The molecular weight excluding hydrogens is 1440 g/mol. The molecule has 0 aliphatic carbocycles. The fourth-order valence-electron chi connectivity index (χ4n) is 11.1. The number of hydrogen-bond donors (Lipinski definition) is 10. The lowest BCUT2D eigenvalue weighted by molar-refractivity contribution is -0.197. The summed E-state index contributed by atoms with van der Waals surface area (Å²) < 4.78 is 63.5. The molecule has 41 heteroatoms. The summed E-state index contributed by atoms with van der Waals surface area (Å²) in [4.78, 5) is 102. The summed E-state index contributed by atoms with van der Waals surface area (Å²) in [6, 6.07) is 1.13. The van der Waals surface area contributed by atoms with Crippen LogP contribution < -0.4 is 54.0 Å². The Hall–Kier alpha value is -5.53. The number of rotatable bonds is 59. The van der Waals surface area contributed by atoms with E-state index in [9.17, 15) is 38.4 Å². The van der Waals surface area contributed by atoms with Crippen molar-refractivity contribution >= 4 is 83.0 Å². The van der Waals surface area contributed by atoms with E-state index in [2.05, 4.69) is 62.6 Å². The number of azide groups is 2. The molecule has 0 spiro atoms. The maximum atomic E-state index is 11.9. The molecule has 0 bridgehead atoms. The van der Waals surface area contributed by atoms with E-state index in [-0.39, 0.29) is 85.4 Å². The molecule has 7 aliphatic rings. The molecule has 0 aromatic rings. The van der Waals surface area contributed by atoms with Gasteiger partial charge in [-0.15, -0.1) is 5.06 Å². The molecule has 0 aromatic carbocycles. The highest BCUT2D eigenvalue weighted by molar-refractivity contribution is 8.00. The first-order valence-electron chi connectivity index (χ1n) is 36.4. The predicted octanol–water partition coefficient (Wildman–Crippen LogP) is 1.70. The van der Waals surface area contributed by atoms with Crippen LogP contribution in [0, 0.1) is 0 Å². The van der Waals surface area contributed by atoms with E-state index in [4.69, 9.17) is 84.2 Å². The first kappa shape index (κ1) is 91.9. The number of ether oxygens (including phenoxy) is 12. The Morgan fingerprint density at radius 3 is 1.00 bits per heavy atom. The van der Waals surface area contributed by atoms with Crippen molar-refractivity contribution in [3.05, 3.63) is 20.9 Å². The number of nitrogens with one attached hydrogen (secondary N) is 8. The summed E-state index contributed by atoms with van der Waals surface area (Å²) in [6.07, 6.45) is 9.50. The van der Waals surface area contributed by atoms with Crippen molar-refractivity contribution in [3.8, 4) is 0 Å². The lowest BCUT2D eigenvalue weighted by atomic mass is 10.0. The summed E-state index contributed by atoms with van der Waals surface area (Å²) in [6.45, 7) is 14.6. The van der Waals surface area contributed by atoms with Gasteiger partial charge in [-0.3, -0.25) is 19.2 Å². The van der Waals surface area contributed by atoms with Crippen molar-refractivity contribution in [1.29, 1.82) is 0 Å². The molecule has 9 atom stereocenters. The van der Waals surface area contributed by atoms with Crippen LogP contribution in [0.4, 0.5) is 14.4 Å². The number of imide groups is 1. The highest BCUT2D eigenvalue weighted by atomic mass is 32.2. The normalized spacial score (nSPS) is 21.4. The van der Waals surface area contributed by atoms with Crippen LogP contribution in [-0.4, -0.2) is 320 Å². The summed E-state index contributed by atoms with van der Waals surface area (Å²) in [5, 5.41) is 32.0. The molecule has 7 aliphatic heterocycles. The second kappa shape index (κ2) is 61.4. The highest BCUT2D eigenvalue weighted by Crippen LogP contribution is 2.35. The number of unbranched alkanes of at least 4 members (excludes halogenated alkanes) is 3. The number of nitrogens with zero attached hydrogens (tertiary/aromatic N) is 7. The van der Waals surface area contributed by atoms with E-state index in [0.29, 0.717) is 238 Å². The number of hydrogen-bond acceptors (Lipinski definition) is 28. The van der Waals surface area contributed by atoms with Gasteiger partial charge in [0.1, 0.15) is 0 Å². The maximum absolute atomic E-state index is 11.9. The molecule has 105 heavy (non-hydrogen) atoms. The van der Waals surface area contributed by atoms with Crippen molar-refractivity contribution in [3.63, 3.8) is 0 Å². The lowest BCUT2D eigenvalue weighted by Gasteiger charge is -2.16. The minimum atomic E-state index is -0.554. The van der Waals surface area contributed by atoms with Crippen LogP contribution in [0.15, 0.2) is 10.2 Å². The van der Waals surface area contributed by atoms with Gasteiger partial charge in [0.05, 0.1) is 195 Å². The molecule has 10 amide bonds. The number of carbonyl (C=O) groups excluding carboxylic acids is 8. The second-order valence-corrected chi connectivity index (χ2v) is 28.0. The smallest absolute Gasteiger partial charge is 0.333 e. The average Bonchev–Trinajstić information content (AvgIpc) is 1.69. The summed E-state index contributed by atoms with van der Waals surface area (Å²) in [5.74, 6) is 1.48. The molecule has 7 fully saturated rings. The number of amides is 10. The zero-order valence-corrected chi connectivity index (χ0v) is 63.0. The SMILES string of the molecule is NCCOCCOCCOCCOCCNC(=O)CCCC[C@@H]1SC[C@@H]2NC(=O)N[C@@H]21.O=C1N[C@H]2[C@H](CS[C@H]2CCCCC(=O)ON2C(=O)CCC2=O)N1.[N-]=[N+]=NCCOCCOCCOCCOCCN.[N-]=[N+]=NCCOCCOCCOCCOCCNC(=O)CCCC[C@@H]1SC[C@@H]2NC(=O)N[C@@H]21. The number of nitrogens with two attached hydrogens (primary N) is 2. The van der Waals surface area contributed by atoms with Gasteiger partial charge in [0, 0.05) is 114 Å². The van der Waals surface area contributed by atoms with Crippen LogP contribution >= 0.6 is 35.3 Å². The molecule has 7 saturated heterocycles. The molecule has 0 radical (unpaired) electrons. The van der Waals surface area contributed by atoms with Crippen molar-refractivity contribution in [2.75, 3.05) is 215 Å². The van der Waals surface area contributed by atoms with Crippen LogP contribution in [0.1, 0.15) is 89.9 Å². The zero-order valence-electron chi connectivity index (χ0n) is 60.5. The van der Waals surface area contributed by atoms with Gasteiger partial charge in [0.15, 0.2) is 0 Å². The van der Waals surface area contributed by atoms with Gasteiger partial charge in [-0.25, -0.2) is 19.2 Å². The Morgan fingerprint density at radius 2 is 0.695 bits per heavy atom. The molecule has 7 heterocycles. The van der Waals surface area contributed by atoms with Crippen molar-refractivity contribution in [2.45, 2.75) is 142 Å². The third-order valence-corrected chi connectivity index (χ3v) is 20.8. The number of carbonyl (C=O) groups is 8. The molecule has 7 rings (SSSR count). The minimum Gasteiger partial charge on any atom is -0.379 e. The minimum absolute atomic E-state index is 0.0431. The van der Waals surface area contributed by atoms with Gasteiger partial charge in [-0.1, -0.05) is 29.5 Å². The van der Waals surface area contributed by atoms with E-state index in [1.54, 1.807) is 0 Å². The number of urea groups is 3. The Balaban J connectivity index is 0.000000303. The molecule has 600 valence electrons. The van der Waals surface area contributed by atoms with Gasteiger partial charge >= 0.3 is 24.1 Å². The zero-order chi connectivity index (χ0) is 75.4. The van der Waals surface area contributed by atoms with Gasteiger partial charge in [0.2, 0.25) is 11.8 Å². The molecule has 38 nitrogen and oxygen atoms in total. The molecular formula is C64H115N17O21S3. The van der Waals surface area contributed by atoms with Gasteiger partial charge in [0.25, 0.3) is 11.8 Å². The number of hydroxylamine groups is 2. The van der Waals surface area contributed by atoms with Gasteiger partial charge in [-0.05, 0) is 49.6 Å². The van der Waals surface area contributed by atoms with Gasteiger partial charge < -0.3 is 116 Å². The first-order chi connectivity index (χ1) is 51.4. The van der Waals surface area contributed by atoms with Crippen LogP contribution in [0.5, 0.6) is 0 Å². The average molecular weight is 1550 g/mol. The van der Waals surface area contributed by atoms with Crippen LogP contribution in [-0.2, 0) is 85.7 Å². The highest BCUT2D eigenvalue weighted by Gasteiger charge is 2.45. The molecule has 0 unspecified atom stereocenters. The monoisotopic (exact) mass is 1550 g/mol. The van der Waals surface area contributed by atoms with E-state index in [1.165, 1.54) is 0 Å². The maximum Gasteiger partial charge on any atom is 0.333 e. The number of fused-ring (bicyclic) bond motifs is 3. The topological polar surface area (TPSA) is 506 Å². The predicted molar refractivity (Wildman–Crippen MR) is 391 cm³/mol. The van der Waals surface area contributed by atoms with Crippen LogP contribution in [0.25, 0.3) is 20.9 Å². The fourth-order valence-corrected chi connectivity index (χ4v) is 15.7. The largest absolute Gasteiger partial charge is 0.379 e. The summed E-state index contributed by atoms with van der Waals surface area (Å²) in [5.41, 5.74) is 26.7. The van der Waals surface area contributed by atoms with E-state index in [0.717, 1.165) is 68.6 Å². The third kappa shape index (κ3) is 43.9. The lowest BCUT2D eigenvalue weighted by Crippen LogP contribution is -2.36. The van der Waals surface area contributed by atoms with Crippen molar-refractivity contribution in [2.24, 2.45) is 21.7 Å². The third-order valence-electron chi connectivity index (χ3n) is 16.2. The van der Waals surface area contributed by atoms with Gasteiger partial charge in [-0.2, -0.15) is 35.3 Å². The quantitative estimate of drug-likeness (QED) is 0.0103. The molecule has 12 N–H and O–H groups in total. The van der Waals surface area contributed by atoms with E-state index >= 15 is 0 Å². The Kier molecular flexibility index (Phi) is 53.7. The second-order valence-electron chi connectivity index (χ2n) is 24.2. The molecule has 0 aromatic heterocycles. The Labute approximate surface area is 627 Å². The standard InChI is InChI=1S/C20H36N6O6S.C20H38N4O6S.C14H19N3O5S.C10H22N4O4/c21-26-23-6-8-30-10-12-32-14-13-31-11-9-29-7-5-22-18(27)4-2-1-3-17-19-16(15-33-17)24-20(28)25-19;21-5-7-27-9-11-29-13-14-30-12-10-28-8-6-22-18(25)4-2-1-3-17-19-16(15-31-17)23-20(26)24-19;18-10-5-6-11(19)17(10)22-12(20)4-2-1-3-9-13-8(7-23-9)15-14(21)16-13;11-1-3-15-5-7-17-9-10-18-8-6-16-4-2-13-14-12/h16-17,19H,1-15H2,(H,22,27)(H2,24,25,28);16-17,19H,1-15,21H2,(H,22,25)(H2,23,24,26);8-9,13H,1-7H2,(H2,15,16,21);1-11H2/t2*16-,17-,19-;8-,9-,13-;/m000./s1.